The molecule has 0 saturated heterocycles. The molecule has 0 spiro atoms. The second-order valence-electron chi connectivity index (χ2n) is 3.83. The summed E-state index contributed by atoms with van der Waals surface area (Å²) in [6.45, 7) is 5.87. The predicted octanol–water partition coefficient (Wildman–Crippen LogP) is 1.30. The third-order valence-electron chi connectivity index (χ3n) is 1.86. The summed E-state index contributed by atoms with van der Waals surface area (Å²) in [6.07, 6.45) is 0.905. The third kappa shape index (κ3) is 4.48. The first-order chi connectivity index (χ1) is 6.97. The molecular weight excluding hydrogens is 210 g/mol. The van der Waals surface area contributed by atoms with Gasteiger partial charge >= 0.3 is 0 Å². The van der Waals surface area contributed by atoms with Crippen molar-refractivity contribution in [2.45, 2.75) is 43.6 Å². The molecule has 15 heavy (non-hydrogen) atoms. The normalized spacial score (nSPS) is 14.9. The lowest BCUT2D eigenvalue weighted by Crippen LogP contribution is -2.20. The molecule has 1 rings (SSSR count). The highest BCUT2D eigenvalue weighted by molar-refractivity contribution is 7.99. The lowest BCUT2D eigenvalue weighted by atomic mass is 10.2. The SMILES string of the molecule is Cc1cc(=O)[nH]c(SC(C)CC(C)N)n1. The van der Waals surface area contributed by atoms with Crippen LogP contribution in [-0.2, 0) is 0 Å². The Balaban J connectivity index is 2.68. The van der Waals surface area contributed by atoms with Crippen LogP contribution in [0.4, 0.5) is 0 Å². The quantitative estimate of drug-likeness (QED) is 0.600. The molecule has 2 atom stereocenters. The number of aromatic amines is 1. The zero-order chi connectivity index (χ0) is 11.4. The summed E-state index contributed by atoms with van der Waals surface area (Å²) < 4.78 is 0. The van der Waals surface area contributed by atoms with Crippen molar-refractivity contribution in [2.24, 2.45) is 5.73 Å². The van der Waals surface area contributed by atoms with Gasteiger partial charge in [0.2, 0.25) is 0 Å². The summed E-state index contributed by atoms with van der Waals surface area (Å²) in [4.78, 5) is 18.1. The van der Waals surface area contributed by atoms with Crippen LogP contribution in [0.1, 0.15) is 26.0 Å². The Morgan fingerprint density at radius 3 is 2.80 bits per heavy atom. The molecule has 0 aliphatic carbocycles. The van der Waals surface area contributed by atoms with E-state index in [2.05, 4.69) is 16.9 Å². The van der Waals surface area contributed by atoms with Crippen molar-refractivity contribution in [3.8, 4) is 0 Å². The Morgan fingerprint density at radius 1 is 1.60 bits per heavy atom. The van der Waals surface area contributed by atoms with E-state index in [-0.39, 0.29) is 11.6 Å². The minimum atomic E-state index is -0.0991. The molecule has 0 aromatic carbocycles. The minimum absolute atomic E-state index is 0.0991. The zero-order valence-electron chi connectivity index (χ0n) is 9.28. The van der Waals surface area contributed by atoms with E-state index in [1.165, 1.54) is 6.07 Å². The summed E-state index contributed by atoms with van der Waals surface area (Å²) in [5.74, 6) is 0. The smallest absolute Gasteiger partial charge is 0.251 e. The molecule has 0 amide bonds. The standard InChI is InChI=1S/C10H17N3OS/c1-6(11)4-8(3)15-10-12-7(2)5-9(14)13-10/h5-6,8H,4,11H2,1-3H3,(H,12,13,14). The molecule has 1 aromatic heterocycles. The number of nitrogens with two attached hydrogens (primary N) is 1. The largest absolute Gasteiger partial charge is 0.328 e. The molecule has 1 aromatic rings. The van der Waals surface area contributed by atoms with Gasteiger partial charge in [-0.1, -0.05) is 18.7 Å². The fraction of sp³-hybridized carbons (Fsp3) is 0.600. The molecule has 4 nitrogen and oxygen atoms in total. The zero-order valence-corrected chi connectivity index (χ0v) is 10.1. The van der Waals surface area contributed by atoms with Gasteiger partial charge in [-0.25, -0.2) is 4.98 Å². The van der Waals surface area contributed by atoms with Crippen LogP contribution in [-0.4, -0.2) is 21.3 Å². The summed E-state index contributed by atoms with van der Waals surface area (Å²) in [6, 6.07) is 1.66. The number of nitrogens with zero attached hydrogens (tertiary/aromatic N) is 1. The van der Waals surface area contributed by atoms with Crippen LogP contribution in [0.25, 0.3) is 0 Å². The Hall–Kier alpha value is -0.810. The molecule has 0 fully saturated rings. The first-order valence-corrected chi connectivity index (χ1v) is 5.85. The fourth-order valence-corrected chi connectivity index (χ4v) is 2.51. The van der Waals surface area contributed by atoms with Crippen LogP contribution >= 0.6 is 11.8 Å². The van der Waals surface area contributed by atoms with Crippen LogP contribution in [0.2, 0.25) is 0 Å². The highest BCUT2D eigenvalue weighted by Gasteiger charge is 2.09. The van der Waals surface area contributed by atoms with Crippen molar-refractivity contribution in [1.82, 2.24) is 9.97 Å². The lowest BCUT2D eigenvalue weighted by Gasteiger charge is -2.12. The molecule has 84 valence electrons. The number of nitrogens with one attached hydrogen (secondary N) is 1. The molecule has 5 heteroatoms. The van der Waals surface area contributed by atoms with Crippen molar-refractivity contribution < 1.29 is 0 Å². The Kier molecular flexibility index (Phi) is 4.35. The maximum atomic E-state index is 11.2. The topological polar surface area (TPSA) is 71.8 Å². The molecule has 1 heterocycles. The molecule has 0 aliphatic rings. The summed E-state index contributed by atoms with van der Waals surface area (Å²) in [5.41, 5.74) is 6.35. The van der Waals surface area contributed by atoms with E-state index in [1.807, 2.05) is 13.8 Å². The van der Waals surface area contributed by atoms with Crippen LogP contribution in [0.15, 0.2) is 16.0 Å². The lowest BCUT2D eigenvalue weighted by molar-refractivity contribution is 0.661. The number of hydrogen-bond acceptors (Lipinski definition) is 4. The van der Waals surface area contributed by atoms with E-state index in [0.29, 0.717) is 10.4 Å². The minimum Gasteiger partial charge on any atom is -0.328 e. The molecule has 0 aliphatic heterocycles. The van der Waals surface area contributed by atoms with Crippen LogP contribution in [0.5, 0.6) is 0 Å². The van der Waals surface area contributed by atoms with Crippen LogP contribution < -0.4 is 11.3 Å². The molecule has 3 N–H and O–H groups in total. The van der Waals surface area contributed by atoms with Crippen LogP contribution in [0.3, 0.4) is 0 Å². The summed E-state index contributed by atoms with van der Waals surface area (Å²) in [5, 5.41) is 1.03. The average Bonchev–Trinajstić information content (AvgIpc) is 1.98. The molecule has 0 radical (unpaired) electrons. The predicted molar refractivity (Wildman–Crippen MR) is 63.2 cm³/mol. The van der Waals surface area contributed by atoms with Gasteiger partial charge < -0.3 is 10.7 Å². The van der Waals surface area contributed by atoms with Gasteiger partial charge in [0.05, 0.1) is 0 Å². The van der Waals surface area contributed by atoms with E-state index >= 15 is 0 Å². The van der Waals surface area contributed by atoms with Crippen molar-refractivity contribution in [3.05, 3.63) is 22.1 Å². The second kappa shape index (κ2) is 5.32. The molecule has 0 bridgehead atoms. The number of thioether (sulfide) groups is 1. The van der Waals surface area contributed by atoms with Gasteiger partial charge in [0.1, 0.15) is 0 Å². The number of hydrogen-bond donors (Lipinski definition) is 2. The number of H-pyrrole nitrogens is 1. The van der Waals surface area contributed by atoms with Gasteiger partial charge in [-0.15, -0.1) is 0 Å². The highest BCUT2D eigenvalue weighted by atomic mass is 32.2. The first kappa shape index (κ1) is 12.3. The number of aryl methyl sites for hydroxylation is 1. The Morgan fingerprint density at radius 2 is 2.27 bits per heavy atom. The maximum absolute atomic E-state index is 11.2. The van der Waals surface area contributed by atoms with Gasteiger partial charge in [-0.3, -0.25) is 4.79 Å². The van der Waals surface area contributed by atoms with Gasteiger partial charge in [-0.05, 0) is 20.3 Å². The third-order valence-corrected chi connectivity index (χ3v) is 2.88. The summed E-state index contributed by atoms with van der Waals surface area (Å²) in [7, 11) is 0. The second-order valence-corrected chi connectivity index (χ2v) is 5.26. The van der Waals surface area contributed by atoms with Gasteiger partial charge in [-0.2, -0.15) is 0 Å². The van der Waals surface area contributed by atoms with Gasteiger partial charge in [0, 0.05) is 23.1 Å². The molecular formula is C10H17N3OS. The Labute approximate surface area is 93.7 Å². The highest BCUT2D eigenvalue weighted by Crippen LogP contribution is 2.21. The van der Waals surface area contributed by atoms with E-state index in [4.69, 9.17) is 5.73 Å². The van der Waals surface area contributed by atoms with Crippen LogP contribution in [0, 0.1) is 6.92 Å². The van der Waals surface area contributed by atoms with Crippen molar-refractivity contribution in [3.63, 3.8) is 0 Å². The Bertz CT molecular complexity index is 375. The van der Waals surface area contributed by atoms with Crippen molar-refractivity contribution in [1.29, 1.82) is 0 Å². The van der Waals surface area contributed by atoms with E-state index in [9.17, 15) is 4.79 Å². The van der Waals surface area contributed by atoms with E-state index < -0.39 is 0 Å². The monoisotopic (exact) mass is 227 g/mol. The van der Waals surface area contributed by atoms with Gasteiger partial charge in [0.25, 0.3) is 5.56 Å². The van der Waals surface area contributed by atoms with E-state index in [0.717, 1.165) is 12.1 Å². The average molecular weight is 227 g/mol. The molecule has 0 saturated carbocycles. The summed E-state index contributed by atoms with van der Waals surface area (Å²) >= 11 is 1.55. The van der Waals surface area contributed by atoms with Crippen molar-refractivity contribution in [2.75, 3.05) is 0 Å². The van der Waals surface area contributed by atoms with Gasteiger partial charge in [0.15, 0.2) is 5.16 Å². The molecule has 2 unspecified atom stereocenters. The maximum Gasteiger partial charge on any atom is 0.251 e. The first-order valence-electron chi connectivity index (χ1n) is 4.97. The fourth-order valence-electron chi connectivity index (χ4n) is 1.37. The number of aromatic nitrogens is 2. The number of rotatable bonds is 4. The van der Waals surface area contributed by atoms with Crippen molar-refractivity contribution >= 4 is 11.8 Å². The van der Waals surface area contributed by atoms with E-state index in [1.54, 1.807) is 11.8 Å².